The molecule has 0 saturated heterocycles. The Hall–Kier alpha value is -0.940. The molecule has 0 heterocycles. The van der Waals surface area contributed by atoms with Crippen molar-refractivity contribution >= 4 is 11.7 Å². The quantitative estimate of drug-likeness (QED) is 0.647. The molecule has 2 N–H and O–H groups in total. The first kappa shape index (κ1) is 21.1. The highest BCUT2D eigenvalue weighted by Gasteiger charge is 2.51. The standard InChI is InChI=1S/C17H33NO4/c1-12(8-9-22-7)13(2)10-17(5,14(20)11-19)16(3,4)15(21)18-6/h12-13,19H,8-11H2,1-7H3,(H,18,21). The Bertz CT molecular complexity index is 381. The van der Waals surface area contributed by atoms with Crippen LogP contribution in [0.5, 0.6) is 0 Å². The van der Waals surface area contributed by atoms with Crippen molar-refractivity contribution in [3.05, 3.63) is 0 Å². The highest BCUT2D eigenvalue weighted by molar-refractivity contribution is 5.94. The fourth-order valence-corrected chi connectivity index (χ4v) is 2.89. The van der Waals surface area contributed by atoms with Gasteiger partial charge in [-0.15, -0.1) is 0 Å². The summed E-state index contributed by atoms with van der Waals surface area (Å²) in [4.78, 5) is 24.7. The van der Waals surface area contributed by atoms with E-state index < -0.39 is 17.4 Å². The lowest BCUT2D eigenvalue weighted by Gasteiger charge is -2.43. The van der Waals surface area contributed by atoms with E-state index in [0.717, 1.165) is 6.42 Å². The van der Waals surface area contributed by atoms with E-state index in [0.29, 0.717) is 18.9 Å². The van der Waals surface area contributed by atoms with Crippen molar-refractivity contribution in [1.29, 1.82) is 0 Å². The lowest BCUT2D eigenvalue weighted by atomic mass is 9.59. The van der Waals surface area contributed by atoms with E-state index in [-0.39, 0.29) is 17.6 Å². The number of Topliss-reactive ketones (excluding diaryl/α,β-unsaturated/α-hetero) is 1. The van der Waals surface area contributed by atoms with Gasteiger partial charge in [0.15, 0.2) is 5.78 Å². The van der Waals surface area contributed by atoms with Crippen molar-refractivity contribution in [2.75, 3.05) is 27.4 Å². The van der Waals surface area contributed by atoms with Gasteiger partial charge < -0.3 is 15.2 Å². The highest BCUT2D eigenvalue weighted by Crippen LogP contribution is 2.46. The Morgan fingerprint density at radius 2 is 1.73 bits per heavy atom. The minimum absolute atomic E-state index is 0.187. The van der Waals surface area contributed by atoms with Crippen molar-refractivity contribution in [2.45, 2.75) is 47.5 Å². The fourth-order valence-electron chi connectivity index (χ4n) is 2.89. The maximum absolute atomic E-state index is 12.4. The second kappa shape index (κ2) is 8.63. The predicted molar refractivity (Wildman–Crippen MR) is 87.5 cm³/mol. The maximum Gasteiger partial charge on any atom is 0.226 e. The monoisotopic (exact) mass is 315 g/mol. The Morgan fingerprint density at radius 3 is 2.14 bits per heavy atom. The number of rotatable bonds is 10. The van der Waals surface area contributed by atoms with Crippen LogP contribution in [0.15, 0.2) is 0 Å². The number of ketones is 1. The van der Waals surface area contributed by atoms with Crippen LogP contribution in [0, 0.1) is 22.7 Å². The Balaban J connectivity index is 5.38. The molecule has 5 heteroatoms. The lowest BCUT2D eigenvalue weighted by molar-refractivity contribution is -0.150. The first-order valence-electron chi connectivity index (χ1n) is 7.93. The first-order valence-corrected chi connectivity index (χ1v) is 7.93. The second-order valence-electron chi connectivity index (χ2n) is 7.06. The van der Waals surface area contributed by atoms with E-state index in [2.05, 4.69) is 19.2 Å². The van der Waals surface area contributed by atoms with Crippen molar-refractivity contribution in [1.82, 2.24) is 5.32 Å². The van der Waals surface area contributed by atoms with Gasteiger partial charge in [0, 0.05) is 26.2 Å². The third-order valence-electron chi connectivity index (χ3n) is 5.41. The summed E-state index contributed by atoms with van der Waals surface area (Å²) in [5.74, 6) is 0.131. The van der Waals surface area contributed by atoms with Gasteiger partial charge in [-0.3, -0.25) is 9.59 Å². The zero-order chi connectivity index (χ0) is 17.6. The average Bonchev–Trinajstić information content (AvgIpc) is 2.49. The number of hydrogen-bond donors (Lipinski definition) is 2. The van der Waals surface area contributed by atoms with Crippen LogP contribution in [0.2, 0.25) is 0 Å². The molecule has 0 aliphatic carbocycles. The molecule has 0 rings (SSSR count). The van der Waals surface area contributed by atoms with Gasteiger partial charge in [-0.05, 0) is 24.7 Å². The van der Waals surface area contributed by atoms with E-state index in [9.17, 15) is 14.7 Å². The number of carbonyl (C=O) groups is 2. The van der Waals surface area contributed by atoms with E-state index in [4.69, 9.17) is 4.74 Å². The molecule has 0 aromatic heterocycles. The van der Waals surface area contributed by atoms with Gasteiger partial charge in [0.2, 0.25) is 5.91 Å². The molecule has 0 bridgehead atoms. The fraction of sp³-hybridized carbons (Fsp3) is 0.882. The normalized spacial score (nSPS) is 17.5. The average molecular weight is 315 g/mol. The van der Waals surface area contributed by atoms with Crippen LogP contribution in [0.4, 0.5) is 0 Å². The molecule has 22 heavy (non-hydrogen) atoms. The van der Waals surface area contributed by atoms with E-state index in [1.807, 2.05) is 0 Å². The minimum Gasteiger partial charge on any atom is -0.389 e. The van der Waals surface area contributed by atoms with Crippen LogP contribution in [-0.2, 0) is 14.3 Å². The van der Waals surface area contributed by atoms with Crippen molar-refractivity contribution in [3.63, 3.8) is 0 Å². The number of ether oxygens (including phenoxy) is 1. The summed E-state index contributed by atoms with van der Waals surface area (Å²) in [7, 11) is 3.24. The number of aliphatic hydroxyl groups is 1. The SMILES string of the molecule is CNC(=O)C(C)(C)C(C)(CC(C)C(C)CCOC)C(=O)CO. The lowest BCUT2D eigenvalue weighted by Crippen LogP contribution is -2.52. The number of hydrogen-bond acceptors (Lipinski definition) is 4. The van der Waals surface area contributed by atoms with Gasteiger partial charge >= 0.3 is 0 Å². The third-order valence-corrected chi connectivity index (χ3v) is 5.41. The molecule has 0 aromatic rings. The van der Waals surface area contributed by atoms with Crippen LogP contribution >= 0.6 is 0 Å². The molecule has 1 amide bonds. The number of amides is 1. The molecule has 0 spiro atoms. The van der Waals surface area contributed by atoms with E-state index >= 15 is 0 Å². The number of carbonyl (C=O) groups excluding carboxylic acids is 2. The van der Waals surface area contributed by atoms with E-state index in [1.165, 1.54) is 0 Å². The summed E-state index contributed by atoms with van der Waals surface area (Å²) in [6.45, 7) is 9.67. The molecule has 0 radical (unpaired) electrons. The molecule has 3 unspecified atom stereocenters. The summed E-state index contributed by atoms with van der Waals surface area (Å²) in [5.41, 5.74) is -1.81. The molecule has 130 valence electrons. The van der Waals surface area contributed by atoms with Gasteiger partial charge in [-0.1, -0.05) is 34.6 Å². The summed E-state index contributed by atoms with van der Waals surface area (Å²) < 4.78 is 5.11. The summed E-state index contributed by atoms with van der Waals surface area (Å²) in [6, 6.07) is 0. The van der Waals surface area contributed by atoms with Crippen LogP contribution < -0.4 is 5.32 Å². The molecule has 0 aromatic carbocycles. The Kier molecular flexibility index (Phi) is 8.26. The topological polar surface area (TPSA) is 75.6 Å². The van der Waals surface area contributed by atoms with Crippen molar-refractivity contribution in [2.24, 2.45) is 22.7 Å². The molecule has 0 aliphatic heterocycles. The smallest absolute Gasteiger partial charge is 0.226 e. The van der Waals surface area contributed by atoms with E-state index in [1.54, 1.807) is 34.9 Å². The summed E-state index contributed by atoms with van der Waals surface area (Å²) in [5, 5.41) is 12.0. The summed E-state index contributed by atoms with van der Waals surface area (Å²) in [6.07, 6.45) is 1.46. The predicted octanol–water partition coefficient (Wildman–Crippen LogP) is 2.03. The van der Waals surface area contributed by atoms with Crippen LogP contribution in [0.1, 0.15) is 47.5 Å². The number of nitrogens with one attached hydrogen (secondary N) is 1. The molecule has 3 atom stereocenters. The number of methoxy groups -OCH3 is 1. The molecule has 0 saturated carbocycles. The molecule has 0 aliphatic rings. The third kappa shape index (κ3) is 4.53. The maximum atomic E-state index is 12.4. The Labute approximate surface area is 134 Å². The van der Waals surface area contributed by atoms with Gasteiger partial charge in [0.25, 0.3) is 0 Å². The van der Waals surface area contributed by atoms with Crippen molar-refractivity contribution < 1.29 is 19.4 Å². The zero-order valence-corrected chi connectivity index (χ0v) is 15.2. The van der Waals surface area contributed by atoms with Crippen LogP contribution in [0.25, 0.3) is 0 Å². The molecule has 5 nitrogen and oxygen atoms in total. The Morgan fingerprint density at radius 1 is 1.18 bits per heavy atom. The van der Waals surface area contributed by atoms with Gasteiger partial charge in [-0.2, -0.15) is 0 Å². The van der Waals surface area contributed by atoms with Gasteiger partial charge in [0.1, 0.15) is 6.61 Å². The number of aliphatic hydroxyl groups excluding tert-OH is 1. The minimum atomic E-state index is -0.914. The van der Waals surface area contributed by atoms with Crippen molar-refractivity contribution in [3.8, 4) is 0 Å². The largest absolute Gasteiger partial charge is 0.389 e. The van der Waals surface area contributed by atoms with Gasteiger partial charge in [0.05, 0.1) is 5.41 Å². The highest BCUT2D eigenvalue weighted by atomic mass is 16.5. The first-order chi connectivity index (χ1) is 10.1. The molecule has 0 fully saturated rings. The van der Waals surface area contributed by atoms with Crippen LogP contribution in [0.3, 0.4) is 0 Å². The molecular weight excluding hydrogens is 282 g/mol. The molecular formula is C17H33NO4. The zero-order valence-electron chi connectivity index (χ0n) is 15.2. The van der Waals surface area contributed by atoms with Gasteiger partial charge in [-0.25, -0.2) is 0 Å². The van der Waals surface area contributed by atoms with Crippen LogP contribution in [-0.4, -0.2) is 44.2 Å². The summed E-state index contributed by atoms with van der Waals surface area (Å²) >= 11 is 0. The second-order valence-corrected chi connectivity index (χ2v) is 7.06.